The van der Waals surface area contributed by atoms with Gasteiger partial charge in [0, 0.05) is 24.2 Å². The maximum Gasteiger partial charge on any atom is 0.328 e. The quantitative estimate of drug-likeness (QED) is 0.214. The molecule has 0 aliphatic carbocycles. The zero-order chi connectivity index (χ0) is 38.8. The summed E-state index contributed by atoms with van der Waals surface area (Å²) in [4.78, 5) is 97.4. The number of ketones is 1. The molecule has 1 N–H and O–H groups in total. The third-order valence-corrected chi connectivity index (χ3v) is 13.8. The minimum absolute atomic E-state index is 0.0969. The zero-order valence-corrected chi connectivity index (χ0v) is 33.0. The molecule has 4 saturated heterocycles. The van der Waals surface area contributed by atoms with E-state index in [1.807, 2.05) is 30.3 Å². The van der Waals surface area contributed by atoms with Crippen LogP contribution in [0.1, 0.15) is 82.6 Å². The molecule has 15 heteroatoms. The largest absolute Gasteiger partial charge is 0.469 e. The number of amides is 3. The number of rotatable bonds is 14. The van der Waals surface area contributed by atoms with Crippen LogP contribution in [0.3, 0.4) is 0 Å². The predicted molar refractivity (Wildman–Crippen MR) is 203 cm³/mol. The highest BCUT2D eigenvalue weighted by Gasteiger charge is 2.45. The Morgan fingerprint density at radius 2 is 1.31 bits per heavy atom. The molecule has 4 fully saturated rings. The average Bonchev–Trinajstić information content (AvgIpc) is 3.45. The van der Waals surface area contributed by atoms with E-state index in [-0.39, 0.29) is 59.9 Å². The highest BCUT2D eigenvalue weighted by molar-refractivity contribution is 8.00. The van der Waals surface area contributed by atoms with Crippen molar-refractivity contribution in [1.29, 1.82) is 0 Å². The minimum Gasteiger partial charge on any atom is -0.469 e. The zero-order valence-electron chi connectivity index (χ0n) is 31.4. The Balaban J connectivity index is 1.32. The molecule has 13 nitrogen and oxygen atoms in total. The number of carbonyl (C=O) groups excluding carboxylic acids is 7. The van der Waals surface area contributed by atoms with Gasteiger partial charge in [-0.25, -0.2) is 9.59 Å². The number of esters is 3. The van der Waals surface area contributed by atoms with Crippen molar-refractivity contribution < 1.29 is 47.8 Å². The summed E-state index contributed by atoms with van der Waals surface area (Å²) in [5, 5.41) is 2.67. The maximum absolute atomic E-state index is 14.2. The highest BCUT2D eigenvalue weighted by Crippen LogP contribution is 2.38. The molecule has 0 aromatic heterocycles. The van der Waals surface area contributed by atoms with E-state index in [4.69, 9.17) is 14.2 Å². The first kappa shape index (κ1) is 41.6. The smallest absolute Gasteiger partial charge is 0.328 e. The molecule has 0 saturated carbocycles. The molecule has 0 unspecified atom stereocenters. The van der Waals surface area contributed by atoms with Gasteiger partial charge < -0.3 is 29.3 Å². The standard InChI is InChI=1S/C39H53N3O10S2/c1-50-34(44)23-25(31(43)22-27-17-19-53-32-13-7-11-29(38(48)51-2)41(32)36(27)46)15-16-26(21-24-9-5-4-6-10-24)35(45)40-28-18-20-54-33-14-8-12-30(39(49)52-3)42(33)37(28)47/h4-6,9-10,25-30,32-33H,7-8,11-23H2,1-3H3,(H,40,45)/t25-,26-,27-,28+,29+,30+,32+,33+/m1/s1. The summed E-state index contributed by atoms with van der Waals surface area (Å²) in [6, 6.07) is 7.22. The summed E-state index contributed by atoms with van der Waals surface area (Å²) < 4.78 is 15.0. The van der Waals surface area contributed by atoms with E-state index in [9.17, 15) is 33.6 Å². The Morgan fingerprint density at radius 1 is 0.741 bits per heavy atom. The van der Waals surface area contributed by atoms with Crippen LogP contribution in [-0.2, 0) is 54.2 Å². The predicted octanol–water partition coefficient (Wildman–Crippen LogP) is 3.90. The molecule has 0 bridgehead atoms. The Hall–Kier alpha value is -3.59. The lowest BCUT2D eigenvalue weighted by Gasteiger charge is -2.40. The van der Waals surface area contributed by atoms with Gasteiger partial charge >= 0.3 is 17.9 Å². The fourth-order valence-corrected chi connectivity index (χ4v) is 11.0. The fraction of sp³-hybridized carbons (Fsp3) is 0.667. The summed E-state index contributed by atoms with van der Waals surface area (Å²) in [6.45, 7) is 0. The average molecular weight is 788 g/mol. The normalized spacial score (nSPS) is 26.9. The van der Waals surface area contributed by atoms with Crippen LogP contribution in [0.25, 0.3) is 0 Å². The van der Waals surface area contributed by atoms with Gasteiger partial charge in [0.15, 0.2) is 0 Å². The first-order chi connectivity index (χ1) is 26.1. The number of hydrogen-bond donors (Lipinski definition) is 1. The molecule has 4 heterocycles. The molecule has 54 heavy (non-hydrogen) atoms. The SMILES string of the molecule is COC(=O)C[C@@H](CC[C@H](Cc1ccccc1)C(=O)N[C@H]1CCS[C@H]2CCC[C@@H](C(=O)OC)N2C1=O)C(=O)C[C@H]1CCS[C@H]2CCC[C@@H](C(=O)OC)N2C1=O. The number of methoxy groups -OCH3 is 3. The number of fused-ring (bicyclic) bond motifs is 2. The van der Waals surface area contributed by atoms with Gasteiger partial charge in [-0.1, -0.05) is 30.3 Å². The van der Waals surface area contributed by atoms with Gasteiger partial charge in [-0.2, -0.15) is 0 Å². The summed E-state index contributed by atoms with van der Waals surface area (Å²) in [5.74, 6) is -3.51. The molecule has 296 valence electrons. The first-order valence-corrected chi connectivity index (χ1v) is 21.1. The number of nitrogens with one attached hydrogen (secondary N) is 1. The van der Waals surface area contributed by atoms with Crippen LogP contribution < -0.4 is 5.32 Å². The lowest BCUT2D eigenvalue weighted by atomic mass is 9.83. The first-order valence-electron chi connectivity index (χ1n) is 19.0. The van der Waals surface area contributed by atoms with Gasteiger partial charge in [0.05, 0.1) is 38.5 Å². The van der Waals surface area contributed by atoms with Crippen LogP contribution >= 0.6 is 23.5 Å². The van der Waals surface area contributed by atoms with Crippen LogP contribution in [-0.4, -0.2) is 113 Å². The number of nitrogens with zero attached hydrogens (tertiary/aromatic N) is 2. The number of thioether (sulfide) groups is 2. The molecule has 5 rings (SSSR count). The lowest BCUT2D eigenvalue weighted by molar-refractivity contribution is -0.157. The Kier molecular flexibility index (Phi) is 15.3. The van der Waals surface area contributed by atoms with E-state index in [2.05, 4.69) is 5.32 Å². The van der Waals surface area contributed by atoms with Crippen LogP contribution in [0.2, 0.25) is 0 Å². The number of carbonyl (C=O) groups is 7. The van der Waals surface area contributed by atoms with Crippen molar-refractivity contribution >= 4 is 64.9 Å². The fourth-order valence-electron chi connectivity index (χ4n) is 8.20. The van der Waals surface area contributed by atoms with E-state index in [1.54, 1.807) is 33.3 Å². The van der Waals surface area contributed by atoms with Crippen molar-refractivity contribution in [3.05, 3.63) is 35.9 Å². The van der Waals surface area contributed by atoms with Gasteiger partial charge in [0.2, 0.25) is 17.7 Å². The molecule has 0 spiro atoms. The highest BCUT2D eigenvalue weighted by atomic mass is 32.2. The summed E-state index contributed by atoms with van der Waals surface area (Å²) in [7, 11) is 3.87. The number of piperidine rings is 2. The number of hydrogen-bond acceptors (Lipinski definition) is 12. The van der Waals surface area contributed by atoms with Crippen LogP contribution in [0, 0.1) is 17.8 Å². The number of Topliss-reactive ketones (excluding diaryl/α,β-unsaturated/α-hetero) is 1. The number of benzene rings is 1. The van der Waals surface area contributed by atoms with E-state index < -0.39 is 53.8 Å². The maximum atomic E-state index is 14.2. The third-order valence-electron chi connectivity index (χ3n) is 11.2. The second kappa shape index (κ2) is 19.8. The topological polar surface area (TPSA) is 166 Å². The summed E-state index contributed by atoms with van der Waals surface area (Å²) >= 11 is 3.22. The van der Waals surface area contributed by atoms with E-state index >= 15 is 0 Å². The molecular formula is C39H53N3O10S2. The monoisotopic (exact) mass is 787 g/mol. The second-order valence-corrected chi connectivity index (χ2v) is 17.1. The van der Waals surface area contributed by atoms with Crippen LogP contribution in [0.4, 0.5) is 0 Å². The molecule has 1 aromatic rings. The summed E-state index contributed by atoms with van der Waals surface area (Å²) in [5.41, 5.74) is 0.899. The van der Waals surface area contributed by atoms with Crippen molar-refractivity contribution in [1.82, 2.24) is 15.1 Å². The summed E-state index contributed by atoms with van der Waals surface area (Å²) in [6.07, 6.45) is 5.42. The van der Waals surface area contributed by atoms with Crippen molar-refractivity contribution in [3.8, 4) is 0 Å². The molecule has 0 radical (unpaired) electrons. The molecule has 3 amide bonds. The molecule has 4 aliphatic heterocycles. The van der Waals surface area contributed by atoms with Gasteiger partial charge in [0.25, 0.3) is 0 Å². The Bertz CT molecular complexity index is 1530. The van der Waals surface area contributed by atoms with Crippen molar-refractivity contribution in [2.45, 2.75) is 112 Å². The minimum atomic E-state index is -0.836. The van der Waals surface area contributed by atoms with Crippen molar-refractivity contribution in [2.75, 3.05) is 32.8 Å². The molecule has 1 aromatic carbocycles. The van der Waals surface area contributed by atoms with Crippen molar-refractivity contribution in [3.63, 3.8) is 0 Å². The Labute approximate surface area is 325 Å². The number of ether oxygens (including phenoxy) is 3. The van der Waals surface area contributed by atoms with E-state index in [0.29, 0.717) is 43.6 Å². The van der Waals surface area contributed by atoms with Gasteiger partial charge in [-0.3, -0.25) is 24.0 Å². The Morgan fingerprint density at radius 3 is 1.91 bits per heavy atom. The lowest BCUT2D eigenvalue weighted by Crippen LogP contribution is -2.57. The molecule has 8 atom stereocenters. The molecule has 4 aliphatic rings. The van der Waals surface area contributed by atoms with Gasteiger partial charge in [-0.15, -0.1) is 23.5 Å². The van der Waals surface area contributed by atoms with E-state index in [0.717, 1.165) is 31.2 Å². The van der Waals surface area contributed by atoms with Crippen LogP contribution in [0.5, 0.6) is 0 Å². The molecular weight excluding hydrogens is 735 g/mol. The van der Waals surface area contributed by atoms with E-state index in [1.165, 1.54) is 21.3 Å². The van der Waals surface area contributed by atoms with Gasteiger partial charge in [-0.05, 0) is 87.7 Å². The van der Waals surface area contributed by atoms with Crippen LogP contribution in [0.15, 0.2) is 30.3 Å². The van der Waals surface area contributed by atoms with Crippen molar-refractivity contribution in [2.24, 2.45) is 17.8 Å². The second-order valence-electron chi connectivity index (χ2n) is 14.5. The van der Waals surface area contributed by atoms with Gasteiger partial charge in [0.1, 0.15) is 23.9 Å². The third kappa shape index (κ3) is 10.2.